The van der Waals surface area contributed by atoms with Crippen LogP contribution in [0.3, 0.4) is 0 Å². The van der Waals surface area contributed by atoms with Gasteiger partial charge in [-0.15, -0.1) is 0 Å². The van der Waals surface area contributed by atoms with Crippen LogP contribution in [0.4, 0.5) is 0 Å². The van der Waals surface area contributed by atoms with Crippen molar-refractivity contribution in [3.05, 3.63) is 22.9 Å². The van der Waals surface area contributed by atoms with E-state index in [1.807, 2.05) is 27.7 Å². The van der Waals surface area contributed by atoms with Gasteiger partial charge in [0, 0.05) is 12.1 Å². The van der Waals surface area contributed by atoms with Gasteiger partial charge in [-0.2, -0.15) is 5.10 Å². The first-order chi connectivity index (χ1) is 10.9. The minimum Gasteiger partial charge on any atom is -0.394 e. The van der Waals surface area contributed by atoms with Crippen molar-refractivity contribution in [2.75, 3.05) is 6.61 Å². The van der Waals surface area contributed by atoms with Crippen LogP contribution in [0.5, 0.6) is 0 Å². The molecule has 0 unspecified atom stereocenters. The van der Waals surface area contributed by atoms with Crippen LogP contribution < -0.4 is 5.56 Å². The van der Waals surface area contributed by atoms with Crippen LogP contribution in [0.2, 0.25) is 0 Å². The highest BCUT2D eigenvalue weighted by molar-refractivity contribution is 5.77. The van der Waals surface area contributed by atoms with E-state index in [0.717, 1.165) is 0 Å². The van der Waals surface area contributed by atoms with Gasteiger partial charge < -0.3 is 10.0 Å². The number of nitrogens with zero attached hydrogens (tertiary/aromatic N) is 5. The second-order valence-corrected chi connectivity index (χ2v) is 5.99. The summed E-state index contributed by atoms with van der Waals surface area (Å²) in [6.07, 6.45) is 2.78. The zero-order chi connectivity index (χ0) is 17.1. The third-order valence-electron chi connectivity index (χ3n) is 3.64. The summed E-state index contributed by atoms with van der Waals surface area (Å²) >= 11 is 0. The first kappa shape index (κ1) is 17.1. The van der Waals surface area contributed by atoms with E-state index in [4.69, 9.17) is 5.11 Å². The molecule has 2 aromatic rings. The Labute approximate surface area is 134 Å². The van der Waals surface area contributed by atoms with Gasteiger partial charge in [0.1, 0.15) is 18.3 Å². The van der Waals surface area contributed by atoms with Crippen molar-refractivity contribution in [2.45, 2.75) is 52.9 Å². The molecule has 8 nitrogen and oxygen atoms in total. The number of aromatic nitrogens is 4. The fraction of sp³-hybridized carbons (Fsp3) is 0.600. The summed E-state index contributed by atoms with van der Waals surface area (Å²) in [5, 5.41) is 13.4. The van der Waals surface area contributed by atoms with Gasteiger partial charge in [-0.3, -0.25) is 14.2 Å². The Morgan fingerprint density at radius 1 is 1.30 bits per heavy atom. The average Bonchev–Trinajstić information content (AvgIpc) is 2.85. The Morgan fingerprint density at radius 2 is 1.96 bits per heavy atom. The topological polar surface area (TPSA) is 93.2 Å². The molecule has 0 aliphatic rings. The molecule has 1 amide bonds. The predicted octanol–water partition coefficient (Wildman–Crippen LogP) is 0.231. The molecule has 0 fully saturated rings. The number of hydrogen-bond acceptors (Lipinski definition) is 5. The monoisotopic (exact) mass is 321 g/mol. The molecule has 0 radical (unpaired) electrons. The molecule has 0 spiro atoms. The number of aliphatic hydroxyl groups is 1. The summed E-state index contributed by atoms with van der Waals surface area (Å²) in [6, 6.07) is 0.115. The highest BCUT2D eigenvalue weighted by atomic mass is 16.3. The maximum Gasteiger partial charge on any atom is 0.264 e. The maximum absolute atomic E-state index is 12.5. The van der Waals surface area contributed by atoms with E-state index in [0.29, 0.717) is 11.0 Å². The van der Waals surface area contributed by atoms with Crippen molar-refractivity contribution < 1.29 is 9.90 Å². The number of fused-ring (bicyclic) bond motifs is 1. The van der Waals surface area contributed by atoms with Gasteiger partial charge in [-0.1, -0.05) is 0 Å². The van der Waals surface area contributed by atoms with Crippen molar-refractivity contribution in [1.82, 2.24) is 24.2 Å². The van der Waals surface area contributed by atoms with E-state index in [2.05, 4.69) is 10.1 Å². The largest absolute Gasteiger partial charge is 0.394 e. The van der Waals surface area contributed by atoms with Gasteiger partial charge in [0.2, 0.25) is 5.91 Å². The Balaban J connectivity index is 2.32. The number of aliphatic hydroxyl groups excluding tert-OH is 1. The molecule has 2 heterocycles. The van der Waals surface area contributed by atoms with Crippen molar-refractivity contribution in [1.29, 1.82) is 0 Å². The number of rotatable bonds is 6. The molecule has 0 aromatic carbocycles. The van der Waals surface area contributed by atoms with E-state index < -0.39 is 0 Å². The van der Waals surface area contributed by atoms with Crippen molar-refractivity contribution in [3.8, 4) is 0 Å². The lowest BCUT2D eigenvalue weighted by Gasteiger charge is -2.30. The molecule has 0 atom stereocenters. The normalized spacial score (nSPS) is 11.6. The molecule has 0 saturated heterocycles. The van der Waals surface area contributed by atoms with Crippen LogP contribution in [0.1, 0.15) is 27.7 Å². The molecule has 0 saturated carbocycles. The maximum atomic E-state index is 12.5. The van der Waals surface area contributed by atoms with Gasteiger partial charge in [0.15, 0.2) is 5.65 Å². The SMILES string of the molecule is CC(C)N(C(=O)Cn1cnc2c(cnn2CCO)c1=O)C(C)C. The first-order valence-electron chi connectivity index (χ1n) is 7.69. The van der Waals surface area contributed by atoms with Gasteiger partial charge in [-0.25, -0.2) is 9.67 Å². The summed E-state index contributed by atoms with van der Waals surface area (Å²) in [7, 11) is 0. The van der Waals surface area contributed by atoms with Gasteiger partial charge in [-0.05, 0) is 27.7 Å². The molecule has 1 N–H and O–H groups in total. The van der Waals surface area contributed by atoms with Gasteiger partial charge >= 0.3 is 0 Å². The zero-order valence-electron chi connectivity index (χ0n) is 13.9. The lowest BCUT2D eigenvalue weighted by atomic mass is 10.2. The fourth-order valence-electron chi connectivity index (χ4n) is 2.77. The van der Waals surface area contributed by atoms with Crippen LogP contribution in [0.15, 0.2) is 17.3 Å². The molecule has 0 bridgehead atoms. The second kappa shape index (κ2) is 6.91. The van der Waals surface area contributed by atoms with E-state index in [-0.39, 0.29) is 43.2 Å². The first-order valence-corrected chi connectivity index (χ1v) is 7.69. The highest BCUT2D eigenvalue weighted by Gasteiger charge is 2.21. The molecule has 0 aliphatic carbocycles. The minimum absolute atomic E-state index is 0.0523. The summed E-state index contributed by atoms with van der Waals surface area (Å²) in [5.74, 6) is -0.124. The third kappa shape index (κ3) is 3.42. The summed E-state index contributed by atoms with van der Waals surface area (Å²) in [4.78, 5) is 30.9. The predicted molar refractivity (Wildman–Crippen MR) is 86.0 cm³/mol. The van der Waals surface area contributed by atoms with Crippen LogP contribution in [0, 0.1) is 0 Å². The summed E-state index contributed by atoms with van der Waals surface area (Å²) in [6.45, 7) is 7.92. The van der Waals surface area contributed by atoms with Crippen LogP contribution in [-0.4, -0.2) is 53.9 Å². The molecule has 126 valence electrons. The van der Waals surface area contributed by atoms with Gasteiger partial charge in [0.05, 0.1) is 19.3 Å². The lowest BCUT2D eigenvalue weighted by Crippen LogP contribution is -2.44. The van der Waals surface area contributed by atoms with Crippen LogP contribution in [0.25, 0.3) is 11.0 Å². The van der Waals surface area contributed by atoms with Gasteiger partial charge in [0.25, 0.3) is 5.56 Å². The molecule has 0 aliphatic heterocycles. The van der Waals surface area contributed by atoms with Crippen molar-refractivity contribution in [3.63, 3.8) is 0 Å². The Bertz CT molecular complexity index is 739. The molecule has 23 heavy (non-hydrogen) atoms. The standard InChI is InChI=1S/C15H23N5O3/c1-10(2)20(11(3)4)13(22)8-18-9-16-14-12(15(18)23)7-17-19(14)5-6-21/h7,9-11,21H,5-6,8H2,1-4H3. The van der Waals surface area contributed by atoms with E-state index in [9.17, 15) is 9.59 Å². The van der Waals surface area contributed by atoms with E-state index in [1.54, 1.807) is 4.90 Å². The average molecular weight is 321 g/mol. The lowest BCUT2D eigenvalue weighted by molar-refractivity contribution is -0.135. The molecule has 2 rings (SSSR count). The number of carbonyl (C=O) groups is 1. The number of carbonyl (C=O) groups excluding carboxylic acids is 1. The Hall–Kier alpha value is -2.22. The molecule has 8 heteroatoms. The Morgan fingerprint density at radius 3 is 2.52 bits per heavy atom. The zero-order valence-corrected chi connectivity index (χ0v) is 13.9. The van der Waals surface area contributed by atoms with Crippen LogP contribution >= 0.6 is 0 Å². The van der Waals surface area contributed by atoms with Crippen molar-refractivity contribution in [2.24, 2.45) is 0 Å². The minimum atomic E-state index is -0.306. The second-order valence-electron chi connectivity index (χ2n) is 5.99. The Kier molecular flexibility index (Phi) is 5.15. The van der Waals surface area contributed by atoms with E-state index in [1.165, 1.54) is 21.8 Å². The van der Waals surface area contributed by atoms with Crippen LogP contribution in [-0.2, 0) is 17.9 Å². The number of hydrogen-bond donors (Lipinski definition) is 1. The molecule has 2 aromatic heterocycles. The molecular formula is C15H23N5O3. The molecular weight excluding hydrogens is 298 g/mol. The van der Waals surface area contributed by atoms with E-state index >= 15 is 0 Å². The smallest absolute Gasteiger partial charge is 0.264 e. The third-order valence-corrected chi connectivity index (χ3v) is 3.64. The van der Waals surface area contributed by atoms with Crippen molar-refractivity contribution >= 4 is 16.9 Å². The number of amides is 1. The quantitative estimate of drug-likeness (QED) is 0.822. The summed E-state index contributed by atoms with van der Waals surface area (Å²) in [5.41, 5.74) is 0.109. The summed E-state index contributed by atoms with van der Waals surface area (Å²) < 4.78 is 2.77. The fourth-order valence-corrected chi connectivity index (χ4v) is 2.77. The highest BCUT2D eigenvalue weighted by Crippen LogP contribution is 2.08.